The molecule has 3 heterocycles. The second-order valence-electron chi connectivity index (χ2n) is 8.60. The van der Waals surface area contributed by atoms with Crippen LogP contribution in [0.15, 0.2) is 79.0 Å². The Morgan fingerprint density at radius 3 is 2.47 bits per heavy atom. The number of nitrogens with one attached hydrogen (secondary N) is 1. The topological polar surface area (TPSA) is 81.3 Å². The fraction of sp³-hybridized carbons (Fsp3) is 0.241. The first-order valence-electron chi connectivity index (χ1n) is 12.3. The van der Waals surface area contributed by atoms with E-state index in [0.717, 1.165) is 27.7 Å². The third-order valence-electron chi connectivity index (χ3n) is 5.84. The van der Waals surface area contributed by atoms with Crippen LogP contribution in [0.3, 0.4) is 0 Å². The van der Waals surface area contributed by atoms with Crippen molar-refractivity contribution in [1.29, 1.82) is 0 Å². The molecule has 7 nitrogen and oxygen atoms in total. The van der Waals surface area contributed by atoms with Gasteiger partial charge in [-0.1, -0.05) is 70.2 Å². The lowest BCUT2D eigenvalue weighted by Gasteiger charge is -2.07. The highest BCUT2D eigenvalue weighted by molar-refractivity contribution is 5.94. The number of aromatic nitrogens is 4. The molecule has 1 N–H and O–H groups in total. The number of hydrogen-bond donors (Lipinski definition) is 1. The van der Waals surface area contributed by atoms with Gasteiger partial charge in [0.25, 0.3) is 0 Å². The average Bonchev–Trinajstić information content (AvgIpc) is 3.52. The summed E-state index contributed by atoms with van der Waals surface area (Å²) in [5.74, 6) is 0.0583. The Kier molecular flexibility index (Phi) is 7.59. The molecule has 2 aromatic carbocycles. The molecule has 3 aromatic heterocycles. The van der Waals surface area contributed by atoms with Crippen molar-refractivity contribution in [1.82, 2.24) is 19.2 Å². The van der Waals surface area contributed by atoms with Crippen LogP contribution in [0.1, 0.15) is 44.5 Å². The van der Waals surface area contributed by atoms with E-state index in [1.807, 2.05) is 107 Å². The number of carbonyl (C=O) groups is 2. The Labute approximate surface area is 210 Å². The molecule has 5 aromatic rings. The summed E-state index contributed by atoms with van der Waals surface area (Å²) in [6, 6.07) is 23.7. The Morgan fingerprint density at radius 1 is 0.944 bits per heavy atom. The number of anilines is 1. The van der Waals surface area contributed by atoms with Gasteiger partial charge in [0.2, 0.25) is 17.8 Å². The van der Waals surface area contributed by atoms with Gasteiger partial charge in [0.1, 0.15) is 0 Å². The summed E-state index contributed by atoms with van der Waals surface area (Å²) >= 11 is 0. The van der Waals surface area contributed by atoms with Crippen molar-refractivity contribution in [3.63, 3.8) is 0 Å². The average molecular weight is 482 g/mol. The molecule has 0 aliphatic heterocycles. The fourth-order valence-electron chi connectivity index (χ4n) is 3.97. The molecule has 0 bridgehead atoms. The first kappa shape index (κ1) is 24.9. The first-order valence-corrected chi connectivity index (χ1v) is 12.3. The normalized spacial score (nSPS) is 10.9. The standard InChI is InChI=1S/C27H25N5O2.C2H6/c1-18(2)26(34)29-27-28-24-10-6-9-23(32(24)30-27)20-12-13-22-21(17-20)15-16-31(22)25(33)14-11-19-7-4-3-5-8-19;1-2/h3-10,12-13,15-18H,11,14H2,1-2H3,(H,29,30,34);1-2H3. The van der Waals surface area contributed by atoms with Crippen LogP contribution < -0.4 is 5.32 Å². The van der Waals surface area contributed by atoms with E-state index in [4.69, 9.17) is 0 Å². The second kappa shape index (κ2) is 11.0. The molecule has 36 heavy (non-hydrogen) atoms. The van der Waals surface area contributed by atoms with Crippen LogP contribution in [-0.4, -0.2) is 31.0 Å². The smallest absolute Gasteiger partial charge is 0.249 e. The first-order chi connectivity index (χ1) is 17.5. The zero-order valence-corrected chi connectivity index (χ0v) is 21.1. The molecular formula is C29H31N5O2. The maximum atomic E-state index is 12.9. The summed E-state index contributed by atoms with van der Waals surface area (Å²) in [6.07, 6.45) is 2.98. The van der Waals surface area contributed by atoms with Gasteiger partial charge in [0.05, 0.1) is 11.2 Å². The van der Waals surface area contributed by atoms with Gasteiger partial charge < -0.3 is 0 Å². The van der Waals surface area contributed by atoms with E-state index >= 15 is 0 Å². The summed E-state index contributed by atoms with van der Waals surface area (Å²) < 4.78 is 3.44. The van der Waals surface area contributed by atoms with Gasteiger partial charge in [0.15, 0.2) is 5.65 Å². The monoisotopic (exact) mass is 481 g/mol. The van der Waals surface area contributed by atoms with Crippen molar-refractivity contribution >= 4 is 34.3 Å². The number of hydrogen-bond acceptors (Lipinski definition) is 4. The number of amides is 1. The highest BCUT2D eigenvalue weighted by Gasteiger charge is 2.15. The molecule has 0 fully saturated rings. The molecule has 7 heteroatoms. The van der Waals surface area contributed by atoms with Gasteiger partial charge in [-0.05, 0) is 42.3 Å². The van der Waals surface area contributed by atoms with Crippen LogP contribution in [0.4, 0.5) is 5.95 Å². The van der Waals surface area contributed by atoms with Gasteiger partial charge in [-0.25, -0.2) is 4.52 Å². The Hall–Kier alpha value is -4.26. The number of rotatable bonds is 6. The molecule has 0 spiro atoms. The fourth-order valence-corrected chi connectivity index (χ4v) is 3.97. The van der Waals surface area contributed by atoms with E-state index in [9.17, 15) is 9.59 Å². The summed E-state index contributed by atoms with van der Waals surface area (Å²) in [4.78, 5) is 29.3. The summed E-state index contributed by atoms with van der Waals surface area (Å²) in [6.45, 7) is 7.65. The molecule has 0 radical (unpaired) electrons. The second-order valence-corrected chi connectivity index (χ2v) is 8.60. The lowest BCUT2D eigenvalue weighted by Crippen LogP contribution is -2.18. The maximum Gasteiger partial charge on any atom is 0.249 e. The van der Waals surface area contributed by atoms with E-state index in [0.29, 0.717) is 18.5 Å². The van der Waals surface area contributed by atoms with Crippen LogP contribution in [0.5, 0.6) is 0 Å². The Morgan fingerprint density at radius 2 is 1.72 bits per heavy atom. The summed E-state index contributed by atoms with van der Waals surface area (Å²) in [5.41, 5.74) is 4.46. The van der Waals surface area contributed by atoms with Gasteiger partial charge >= 0.3 is 0 Å². The lowest BCUT2D eigenvalue weighted by atomic mass is 10.1. The molecule has 0 atom stereocenters. The molecule has 0 saturated heterocycles. The highest BCUT2D eigenvalue weighted by atomic mass is 16.2. The molecule has 1 amide bonds. The number of nitrogens with zero attached hydrogens (tertiary/aromatic N) is 4. The minimum Gasteiger partial charge on any atom is -0.293 e. The van der Waals surface area contributed by atoms with Crippen molar-refractivity contribution in [2.24, 2.45) is 5.92 Å². The quantitative estimate of drug-likeness (QED) is 0.311. The minimum atomic E-state index is -0.159. The predicted molar refractivity (Wildman–Crippen MR) is 144 cm³/mol. The highest BCUT2D eigenvalue weighted by Crippen LogP contribution is 2.26. The van der Waals surface area contributed by atoms with Crippen LogP contribution in [0.25, 0.3) is 27.8 Å². The van der Waals surface area contributed by atoms with Crippen LogP contribution in [-0.2, 0) is 11.2 Å². The van der Waals surface area contributed by atoms with E-state index in [1.165, 1.54) is 0 Å². The van der Waals surface area contributed by atoms with Crippen molar-refractivity contribution in [2.45, 2.75) is 40.5 Å². The van der Waals surface area contributed by atoms with Crippen LogP contribution in [0.2, 0.25) is 0 Å². The van der Waals surface area contributed by atoms with Gasteiger partial charge in [-0.3, -0.25) is 19.5 Å². The minimum absolute atomic E-state index is 0.0653. The zero-order valence-electron chi connectivity index (χ0n) is 21.1. The van der Waals surface area contributed by atoms with Gasteiger partial charge in [0, 0.05) is 29.5 Å². The summed E-state index contributed by atoms with van der Waals surface area (Å²) in [7, 11) is 0. The molecule has 5 rings (SSSR count). The van der Waals surface area contributed by atoms with Crippen LogP contribution in [0, 0.1) is 5.92 Å². The lowest BCUT2D eigenvalue weighted by molar-refractivity contribution is -0.118. The maximum absolute atomic E-state index is 12.9. The molecule has 0 saturated carbocycles. The number of fused-ring (bicyclic) bond motifs is 2. The zero-order chi connectivity index (χ0) is 25.7. The number of carbonyl (C=O) groups excluding carboxylic acids is 2. The predicted octanol–water partition coefficient (Wildman–Crippen LogP) is 6.24. The van der Waals surface area contributed by atoms with E-state index in [2.05, 4.69) is 15.4 Å². The molecule has 0 unspecified atom stereocenters. The molecule has 0 aliphatic rings. The van der Waals surface area contributed by atoms with E-state index in [1.54, 1.807) is 9.08 Å². The largest absolute Gasteiger partial charge is 0.293 e. The number of pyridine rings is 1. The molecule has 184 valence electrons. The Bertz CT molecular complexity index is 1500. The van der Waals surface area contributed by atoms with E-state index in [-0.39, 0.29) is 23.7 Å². The van der Waals surface area contributed by atoms with Crippen molar-refractivity contribution in [3.05, 3.63) is 84.6 Å². The third-order valence-corrected chi connectivity index (χ3v) is 5.84. The van der Waals surface area contributed by atoms with Gasteiger partial charge in [-0.2, -0.15) is 4.98 Å². The van der Waals surface area contributed by atoms with Crippen molar-refractivity contribution < 1.29 is 9.59 Å². The summed E-state index contributed by atoms with van der Waals surface area (Å²) in [5, 5.41) is 8.22. The van der Waals surface area contributed by atoms with Gasteiger partial charge in [-0.15, -0.1) is 5.10 Å². The SMILES string of the molecule is CC.CC(C)C(=O)Nc1nc2cccc(-c3ccc4c(ccn4C(=O)CCc4ccccc4)c3)n2n1. The molecular weight excluding hydrogens is 450 g/mol. The third kappa shape index (κ3) is 5.20. The van der Waals surface area contributed by atoms with E-state index < -0.39 is 0 Å². The Balaban J connectivity index is 0.00000148. The number of benzene rings is 2. The molecule has 0 aliphatic carbocycles. The van der Waals surface area contributed by atoms with Crippen LogP contribution >= 0.6 is 0 Å². The van der Waals surface area contributed by atoms with Crippen molar-refractivity contribution in [2.75, 3.05) is 5.32 Å². The van der Waals surface area contributed by atoms with Crippen molar-refractivity contribution in [3.8, 4) is 11.3 Å². The number of aryl methyl sites for hydroxylation is 1.